The van der Waals surface area contributed by atoms with E-state index in [4.69, 9.17) is 4.74 Å². The van der Waals surface area contributed by atoms with E-state index in [1.165, 1.54) is 17.7 Å². The molecule has 2 aromatic carbocycles. The highest BCUT2D eigenvalue weighted by atomic mass is 19.4. The van der Waals surface area contributed by atoms with Gasteiger partial charge in [0.2, 0.25) is 0 Å². The average Bonchev–Trinajstić information content (AvgIpc) is 2.61. The predicted octanol–water partition coefficient (Wildman–Crippen LogP) is 4.99. The third-order valence-electron chi connectivity index (χ3n) is 4.51. The Balaban J connectivity index is 1.65. The SMILES string of the molecule is CC(Oc1cccc2c1CCCC2)C(=O)Nc1ccc(C(F)(F)F)cc1. The maximum atomic E-state index is 12.6. The molecule has 1 unspecified atom stereocenters. The number of nitrogens with one attached hydrogen (secondary N) is 1. The first-order valence-electron chi connectivity index (χ1n) is 8.60. The lowest BCUT2D eigenvalue weighted by Gasteiger charge is -2.22. The Kier molecular flexibility index (Phi) is 5.20. The summed E-state index contributed by atoms with van der Waals surface area (Å²) in [4.78, 5) is 12.3. The highest BCUT2D eigenvalue weighted by molar-refractivity contribution is 5.94. The van der Waals surface area contributed by atoms with Crippen LogP contribution in [0.15, 0.2) is 42.5 Å². The number of amides is 1. The van der Waals surface area contributed by atoms with Crippen molar-refractivity contribution >= 4 is 11.6 Å². The lowest BCUT2D eigenvalue weighted by molar-refractivity contribution is -0.137. The van der Waals surface area contributed by atoms with Gasteiger partial charge in [-0.3, -0.25) is 4.79 Å². The fourth-order valence-corrected chi connectivity index (χ4v) is 3.09. The van der Waals surface area contributed by atoms with E-state index in [1.807, 2.05) is 12.1 Å². The van der Waals surface area contributed by atoms with Gasteiger partial charge in [-0.2, -0.15) is 13.2 Å². The van der Waals surface area contributed by atoms with Crippen LogP contribution in [0.2, 0.25) is 0 Å². The van der Waals surface area contributed by atoms with Crippen molar-refractivity contribution in [3.8, 4) is 5.75 Å². The predicted molar refractivity (Wildman–Crippen MR) is 93.2 cm³/mol. The maximum absolute atomic E-state index is 12.6. The molecule has 6 heteroatoms. The summed E-state index contributed by atoms with van der Waals surface area (Å²) in [5, 5.41) is 2.59. The molecule has 3 nitrogen and oxygen atoms in total. The van der Waals surface area contributed by atoms with Crippen molar-refractivity contribution in [2.24, 2.45) is 0 Å². The smallest absolute Gasteiger partial charge is 0.416 e. The standard InChI is InChI=1S/C20H20F3NO2/c1-13(26-18-8-4-6-14-5-2-3-7-17(14)18)19(25)24-16-11-9-15(10-12-16)20(21,22)23/h4,6,8-13H,2-3,5,7H2,1H3,(H,24,25). The minimum atomic E-state index is -4.40. The van der Waals surface area contributed by atoms with Crippen molar-refractivity contribution in [3.63, 3.8) is 0 Å². The number of halogens is 3. The number of aryl methyl sites for hydroxylation is 1. The van der Waals surface area contributed by atoms with E-state index in [-0.39, 0.29) is 0 Å². The summed E-state index contributed by atoms with van der Waals surface area (Å²) in [5.41, 5.74) is 1.95. The van der Waals surface area contributed by atoms with E-state index in [9.17, 15) is 18.0 Å². The molecule has 0 spiro atoms. The normalized spacial score (nSPS) is 15.1. The largest absolute Gasteiger partial charge is 0.481 e. The molecule has 0 bridgehead atoms. The van der Waals surface area contributed by atoms with Crippen LogP contribution in [0.1, 0.15) is 36.5 Å². The first-order chi connectivity index (χ1) is 12.3. The quantitative estimate of drug-likeness (QED) is 0.831. The van der Waals surface area contributed by atoms with Crippen molar-refractivity contribution in [1.82, 2.24) is 0 Å². The summed E-state index contributed by atoms with van der Waals surface area (Å²) in [6.45, 7) is 1.63. The molecule has 3 rings (SSSR count). The van der Waals surface area contributed by atoms with Crippen molar-refractivity contribution < 1.29 is 22.7 Å². The third-order valence-corrected chi connectivity index (χ3v) is 4.51. The van der Waals surface area contributed by atoms with Gasteiger partial charge in [0.1, 0.15) is 5.75 Å². The summed E-state index contributed by atoms with van der Waals surface area (Å²) in [6, 6.07) is 10.2. The van der Waals surface area contributed by atoms with Crippen LogP contribution < -0.4 is 10.1 Å². The summed E-state index contributed by atoms with van der Waals surface area (Å²) in [5.74, 6) is 0.301. The van der Waals surface area contributed by atoms with Crippen LogP contribution in [0.25, 0.3) is 0 Å². The molecule has 1 N–H and O–H groups in total. The lowest BCUT2D eigenvalue weighted by Crippen LogP contribution is -2.30. The third kappa shape index (κ3) is 4.18. The second-order valence-corrected chi connectivity index (χ2v) is 6.43. The second kappa shape index (κ2) is 7.40. The zero-order chi connectivity index (χ0) is 18.7. The van der Waals surface area contributed by atoms with Gasteiger partial charge < -0.3 is 10.1 Å². The number of alkyl halides is 3. The van der Waals surface area contributed by atoms with Crippen molar-refractivity contribution in [1.29, 1.82) is 0 Å². The van der Waals surface area contributed by atoms with Gasteiger partial charge in [0.25, 0.3) is 5.91 Å². The summed E-state index contributed by atoms with van der Waals surface area (Å²) >= 11 is 0. The van der Waals surface area contributed by atoms with E-state index in [2.05, 4.69) is 11.4 Å². The minimum absolute atomic E-state index is 0.300. The Bertz CT molecular complexity index is 785. The summed E-state index contributed by atoms with van der Waals surface area (Å²) < 4.78 is 43.6. The van der Waals surface area contributed by atoms with E-state index in [1.54, 1.807) is 6.92 Å². The molecule has 26 heavy (non-hydrogen) atoms. The Hall–Kier alpha value is -2.50. The fraction of sp³-hybridized carbons (Fsp3) is 0.350. The van der Waals surface area contributed by atoms with Gasteiger partial charge in [-0.1, -0.05) is 12.1 Å². The van der Waals surface area contributed by atoms with Crippen LogP contribution in [0.3, 0.4) is 0 Å². The van der Waals surface area contributed by atoms with Crippen molar-refractivity contribution in [3.05, 3.63) is 59.2 Å². The average molecular weight is 363 g/mol. The number of carbonyl (C=O) groups excluding carboxylic acids is 1. The van der Waals surface area contributed by atoms with E-state index in [0.29, 0.717) is 11.4 Å². The fourth-order valence-electron chi connectivity index (χ4n) is 3.09. The Morgan fingerprint density at radius 2 is 1.77 bits per heavy atom. The van der Waals surface area contributed by atoms with E-state index < -0.39 is 23.8 Å². The minimum Gasteiger partial charge on any atom is -0.481 e. The van der Waals surface area contributed by atoms with Gasteiger partial charge >= 0.3 is 6.18 Å². The van der Waals surface area contributed by atoms with Gasteiger partial charge in [0, 0.05) is 5.69 Å². The molecule has 1 atom stereocenters. The summed E-state index contributed by atoms with van der Waals surface area (Å²) in [7, 11) is 0. The van der Waals surface area contributed by atoms with Gasteiger partial charge in [-0.25, -0.2) is 0 Å². The number of ether oxygens (including phenoxy) is 1. The Morgan fingerprint density at radius 3 is 2.46 bits per heavy atom. The van der Waals surface area contributed by atoms with Crippen molar-refractivity contribution in [2.45, 2.75) is 44.9 Å². The molecule has 0 saturated heterocycles. The highest BCUT2D eigenvalue weighted by Crippen LogP contribution is 2.31. The van der Waals surface area contributed by atoms with Crippen LogP contribution >= 0.6 is 0 Å². The van der Waals surface area contributed by atoms with Crippen LogP contribution in [0.5, 0.6) is 5.75 Å². The second-order valence-electron chi connectivity index (χ2n) is 6.43. The highest BCUT2D eigenvalue weighted by Gasteiger charge is 2.30. The molecule has 0 fully saturated rings. The lowest BCUT2D eigenvalue weighted by atomic mass is 9.91. The molecule has 1 aliphatic carbocycles. The zero-order valence-electron chi connectivity index (χ0n) is 14.4. The van der Waals surface area contributed by atoms with E-state index in [0.717, 1.165) is 43.4 Å². The van der Waals surface area contributed by atoms with Gasteiger partial charge in [0.15, 0.2) is 6.10 Å². The number of anilines is 1. The van der Waals surface area contributed by atoms with Crippen LogP contribution in [-0.2, 0) is 23.8 Å². The number of fused-ring (bicyclic) bond motifs is 1. The molecule has 0 aromatic heterocycles. The number of hydrogen-bond acceptors (Lipinski definition) is 2. The molecule has 0 heterocycles. The number of hydrogen-bond donors (Lipinski definition) is 1. The maximum Gasteiger partial charge on any atom is 0.416 e. The van der Waals surface area contributed by atoms with Gasteiger partial charge in [-0.15, -0.1) is 0 Å². The monoisotopic (exact) mass is 363 g/mol. The molecule has 138 valence electrons. The molecule has 1 amide bonds. The number of benzene rings is 2. The molecule has 0 radical (unpaired) electrons. The molecular formula is C20H20F3NO2. The molecule has 1 aliphatic rings. The molecule has 2 aromatic rings. The molecule has 0 aliphatic heterocycles. The molecular weight excluding hydrogens is 343 g/mol. The Morgan fingerprint density at radius 1 is 1.08 bits per heavy atom. The Labute approximate surface area is 150 Å². The van der Waals surface area contributed by atoms with Gasteiger partial charge in [-0.05, 0) is 74.1 Å². The first-order valence-corrected chi connectivity index (χ1v) is 8.60. The zero-order valence-corrected chi connectivity index (χ0v) is 14.4. The van der Waals surface area contributed by atoms with Crippen LogP contribution in [0.4, 0.5) is 18.9 Å². The summed E-state index contributed by atoms with van der Waals surface area (Å²) in [6.07, 6.45) is -0.964. The molecule has 0 saturated carbocycles. The van der Waals surface area contributed by atoms with Crippen LogP contribution in [-0.4, -0.2) is 12.0 Å². The topological polar surface area (TPSA) is 38.3 Å². The van der Waals surface area contributed by atoms with Crippen molar-refractivity contribution in [2.75, 3.05) is 5.32 Å². The number of rotatable bonds is 4. The first kappa shape index (κ1) is 18.3. The van der Waals surface area contributed by atoms with Crippen LogP contribution in [0, 0.1) is 0 Å². The number of carbonyl (C=O) groups is 1. The van der Waals surface area contributed by atoms with Gasteiger partial charge in [0.05, 0.1) is 5.56 Å². The van der Waals surface area contributed by atoms with E-state index >= 15 is 0 Å².